The summed E-state index contributed by atoms with van der Waals surface area (Å²) in [6.07, 6.45) is 5.51. The zero-order valence-electron chi connectivity index (χ0n) is 11.3. The maximum absolute atomic E-state index is 4.57. The van der Waals surface area contributed by atoms with Crippen molar-refractivity contribution in [2.24, 2.45) is 0 Å². The van der Waals surface area contributed by atoms with E-state index in [0.29, 0.717) is 0 Å². The summed E-state index contributed by atoms with van der Waals surface area (Å²) in [4.78, 5) is 12.0. The summed E-state index contributed by atoms with van der Waals surface area (Å²) in [6, 6.07) is 18.6. The van der Waals surface area contributed by atoms with Crippen LogP contribution in [-0.2, 0) is 0 Å². The largest absolute Gasteiger partial charge is 0.345 e. The lowest BCUT2D eigenvalue weighted by atomic mass is 10.0. The van der Waals surface area contributed by atoms with E-state index < -0.39 is 0 Å². The van der Waals surface area contributed by atoms with Gasteiger partial charge in [0.25, 0.3) is 0 Å². The van der Waals surface area contributed by atoms with E-state index in [9.17, 15) is 0 Å². The van der Waals surface area contributed by atoms with E-state index in [1.165, 1.54) is 5.39 Å². The van der Waals surface area contributed by atoms with Gasteiger partial charge in [-0.05, 0) is 17.5 Å². The number of nitrogens with one attached hydrogen (secondary N) is 1. The molecule has 3 heteroatoms. The molecule has 0 aliphatic carbocycles. The molecule has 2 aromatic carbocycles. The van der Waals surface area contributed by atoms with Crippen molar-refractivity contribution in [2.75, 3.05) is 0 Å². The van der Waals surface area contributed by atoms with E-state index in [4.69, 9.17) is 0 Å². The van der Waals surface area contributed by atoms with Crippen molar-refractivity contribution >= 4 is 10.8 Å². The lowest BCUT2D eigenvalue weighted by Crippen LogP contribution is -1.86. The molecule has 3 nitrogen and oxygen atoms in total. The summed E-state index contributed by atoms with van der Waals surface area (Å²) < 4.78 is 0. The molecule has 1 N–H and O–H groups in total. The van der Waals surface area contributed by atoms with Crippen molar-refractivity contribution in [3.63, 3.8) is 0 Å². The van der Waals surface area contributed by atoms with Crippen molar-refractivity contribution in [3.05, 3.63) is 73.2 Å². The van der Waals surface area contributed by atoms with E-state index >= 15 is 0 Å². The van der Waals surface area contributed by atoms with Gasteiger partial charge in [-0.15, -0.1) is 0 Å². The molecule has 0 aliphatic rings. The van der Waals surface area contributed by atoms with Crippen LogP contribution >= 0.6 is 0 Å². The summed E-state index contributed by atoms with van der Waals surface area (Å²) in [5, 5.41) is 2.36. The molecule has 21 heavy (non-hydrogen) atoms. The molecule has 0 atom stereocenters. The van der Waals surface area contributed by atoms with Crippen LogP contribution in [0.25, 0.3) is 33.4 Å². The van der Waals surface area contributed by atoms with Gasteiger partial charge >= 0.3 is 0 Å². The molecule has 0 spiro atoms. The Morgan fingerprint density at radius 3 is 2.48 bits per heavy atom. The maximum Gasteiger partial charge on any atom is 0.137 e. The minimum absolute atomic E-state index is 0.873. The van der Waals surface area contributed by atoms with Crippen molar-refractivity contribution in [2.45, 2.75) is 0 Å². The highest BCUT2D eigenvalue weighted by atomic mass is 14.9. The highest BCUT2D eigenvalue weighted by Gasteiger charge is 2.05. The number of imidazole rings is 1. The van der Waals surface area contributed by atoms with Crippen LogP contribution in [0.2, 0.25) is 0 Å². The zero-order valence-corrected chi connectivity index (χ0v) is 11.3. The smallest absolute Gasteiger partial charge is 0.137 e. The number of pyridine rings is 1. The van der Waals surface area contributed by atoms with Crippen LogP contribution < -0.4 is 0 Å². The molecule has 4 rings (SSSR count). The third kappa shape index (κ3) is 2.19. The number of nitrogens with zero attached hydrogens (tertiary/aromatic N) is 2. The molecule has 0 saturated carbocycles. The number of aromatic amines is 1. The summed E-state index contributed by atoms with van der Waals surface area (Å²) in [7, 11) is 0. The Kier molecular flexibility index (Phi) is 2.75. The lowest BCUT2D eigenvalue weighted by molar-refractivity contribution is 1.30. The van der Waals surface area contributed by atoms with Gasteiger partial charge in [-0.25, -0.2) is 4.98 Å². The summed E-state index contributed by atoms with van der Waals surface area (Å²) in [6.45, 7) is 0. The third-order valence-electron chi connectivity index (χ3n) is 3.56. The SMILES string of the molecule is c1cc(-c2cc3ccccc3cn2)cc(-c2ncc[nH]2)c1. The molecule has 0 radical (unpaired) electrons. The van der Waals surface area contributed by atoms with E-state index in [-0.39, 0.29) is 0 Å². The lowest BCUT2D eigenvalue weighted by Gasteiger charge is -2.05. The predicted molar refractivity (Wildman–Crippen MR) is 84.8 cm³/mol. The molecule has 0 unspecified atom stereocenters. The highest BCUT2D eigenvalue weighted by molar-refractivity contribution is 5.85. The first-order valence-electron chi connectivity index (χ1n) is 6.85. The van der Waals surface area contributed by atoms with Gasteiger partial charge in [-0.3, -0.25) is 4.98 Å². The molecule has 4 aromatic rings. The number of aromatic nitrogens is 3. The Labute approximate surface area is 122 Å². The average molecular weight is 271 g/mol. The van der Waals surface area contributed by atoms with Gasteiger partial charge in [-0.2, -0.15) is 0 Å². The van der Waals surface area contributed by atoms with Gasteiger partial charge in [0, 0.05) is 35.1 Å². The fraction of sp³-hybridized carbons (Fsp3) is 0. The molecule has 100 valence electrons. The van der Waals surface area contributed by atoms with Crippen molar-refractivity contribution < 1.29 is 0 Å². The molecular weight excluding hydrogens is 258 g/mol. The first-order chi connectivity index (χ1) is 10.4. The zero-order chi connectivity index (χ0) is 14.1. The topological polar surface area (TPSA) is 41.6 Å². The quantitative estimate of drug-likeness (QED) is 0.591. The fourth-order valence-electron chi connectivity index (χ4n) is 2.49. The Hall–Kier alpha value is -2.94. The van der Waals surface area contributed by atoms with Crippen LogP contribution in [0.5, 0.6) is 0 Å². The maximum atomic E-state index is 4.57. The van der Waals surface area contributed by atoms with Crippen molar-refractivity contribution in [1.82, 2.24) is 15.0 Å². The van der Waals surface area contributed by atoms with E-state index in [0.717, 1.165) is 28.0 Å². The Morgan fingerprint density at radius 2 is 1.62 bits per heavy atom. The standard InChI is InChI=1S/C18H13N3/c1-2-5-16-12-21-17(11-13(16)4-1)14-6-3-7-15(10-14)18-19-8-9-20-18/h1-12H,(H,19,20). The molecule has 2 aromatic heterocycles. The van der Waals surface area contributed by atoms with Gasteiger partial charge in [0.2, 0.25) is 0 Å². The third-order valence-corrected chi connectivity index (χ3v) is 3.56. The normalized spacial score (nSPS) is 10.9. The number of fused-ring (bicyclic) bond motifs is 1. The number of rotatable bonds is 2. The second kappa shape index (κ2) is 4.87. The van der Waals surface area contributed by atoms with Crippen LogP contribution in [0, 0.1) is 0 Å². The summed E-state index contributed by atoms with van der Waals surface area (Å²) in [5.41, 5.74) is 3.13. The van der Waals surface area contributed by atoms with Gasteiger partial charge < -0.3 is 4.98 Å². The van der Waals surface area contributed by atoms with E-state index in [1.54, 1.807) is 6.20 Å². The van der Waals surface area contributed by atoms with E-state index in [2.05, 4.69) is 45.3 Å². The van der Waals surface area contributed by atoms with Gasteiger partial charge in [0.1, 0.15) is 5.82 Å². The molecule has 0 fully saturated rings. The number of H-pyrrole nitrogens is 1. The van der Waals surface area contributed by atoms with Gasteiger partial charge in [0.15, 0.2) is 0 Å². The van der Waals surface area contributed by atoms with Crippen LogP contribution in [0.4, 0.5) is 0 Å². The van der Waals surface area contributed by atoms with E-state index in [1.807, 2.05) is 36.7 Å². The molecule has 2 heterocycles. The van der Waals surface area contributed by atoms with Crippen LogP contribution in [0.3, 0.4) is 0 Å². The number of benzene rings is 2. The van der Waals surface area contributed by atoms with Gasteiger partial charge in [-0.1, -0.05) is 42.5 Å². The predicted octanol–water partition coefficient (Wildman–Crippen LogP) is 4.29. The average Bonchev–Trinajstić information content (AvgIpc) is 3.09. The number of hydrogen-bond donors (Lipinski definition) is 1. The highest BCUT2D eigenvalue weighted by Crippen LogP contribution is 2.25. The van der Waals surface area contributed by atoms with Crippen LogP contribution in [-0.4, -0.2) is 15.0 Å². The number of hydrogen-bond acceptors (Lipinski definition) is 2. The monoisotopic (exact) mass is 271 g/mol. The first kappa shape index (κ1) is 11.9. The Morgan fingerprint density at radius 1 is 0.762 bits per heavy atom. The van der Waals surface area contributed by atoms with Crippen molar-refractivity contribution in [1.29, 1.82) is 0 Å². The fourth-order valence-corrected chi connectivity index (χ4v) is 2.49. The second-order valence-corrected chi connectivity index (χ2v) is 4.94. The van der Waals surface area contributed by atoms with Crippen LogP contribution in [0.15, 0.2) is 73.2 Å². The molecule has 0 saturated heterocycles. The Balaban J connectivity index is 1.83. The molecule has 0 bridgehead atoms. The first-order valence-corrected chi connectivity index (χ1v) is 6.85. The van der Waals surface area contributed by atoms with Gasteiger partial charge in [0.05, 0.1) is 5.69 Å². The molecule has 0 amide bonds. The Bertz CT molecular complexity index is 895. The second-order valence-electron chi connectivity index (χ2n) is 4.94. The van der Waals surface area contributed by atoms with Crippen LogP contribution in [0.1, 0.15) is 0 Å². The summed E-state index contributed by atoms with van der Waals surface area (Å²) in [5.74, 6) is 0.873. The minimum Gasteiger partial charge on any atom is -0.345 e. The molecule has 0 aliphatic heterocycles. The summed E-state index contributed by atoms with van der Waals surface area (Å²) >= 11 is 0. The van der Waals surface area contributed by atoms with Crippen molar-refractivity contribution in [3.8, 4) is 22.6 Å². The minimum atomic E-state index is 0.873. The molecular formula is C18H13N3.